The van der Waals surface area contributed by atoms with E-state index in [2.05, 4.69) is 0 Å². The minimum atomic E-state index is -0.702. The smallest absolute Gasteiger partial charge is 0.118 e. The molecule has 0 saturated carbocycles. The van der Waals surface area contributed by atoms with Crippen molar-refractivity contribution in [3.05, 3.63) is 58.9 Å². The maximum absolute atomic E-state index is 10.0. The van der Waals surface area contributed by atoms with Gasteiger partial charge in [0.2, 0.25) is 0 Å². The zero-order valence-corrected chi connectivity index (χ0v) is 11.6. The Labute approximate surface area is 114 Å². The number of rotatable bonds is 5. The van der Waals surface area contributed by atoms with Crippen LogP contribution >= 0.6 is 0 Å². The fraction of sp³-hybridized carbons (Fsp3) is 0.312. The highest BCUT2D eigenvalue weighted by Gasteiger charge is 2.09. The van der Waals surface area contributed by atoms with Crippen LogP contribution in [-0.4, -0.2) is 11.7 Å². The molecule has 0 aliphatic carbocycles. The third kappa shape index (κ3) is 4.27. The fourth-order valence-corrected chi connectivity index (χ4v) is 1.61. The molecule has 1 rings (SSSR count). The van der Waals surface area contributed by atoms with E-state index >= 15 is 0 Å². The lowest BCUT2D eigenvalue weighted by atomic mass is 10.1. The Morgan fingerprint density at radius 2 is 1.95 bits per heavy atom. The summed E-state index contributed by atoms with van der Waals surface area (Å²) >= 11 is 0. The standard InChI is InChI=1S/C16H19NO2/c1-4-12(3)16(5-2)19-11-15(18)14-8-6-13(10-17)7-9-14/h4-9,15,18H,11H2,1-3H3/b12-4-,16-5+/t15-/m1/s1. The molecule has 0 heterocycles. The van der Waals surface area contributed by atoms with Crippen molar-refractivity contribution in [2.24, 2.45) is 0 Å². The molecule has 19 heavy (non-hydrogen) atoms. The summed E-state index contributed by atoms with van der Waals surface area (Å²) < 4.78 is 5.59. The van der Waals surface area contributed by atoms with Gasteiger partial charge in [-0.1, -0.05) is 18.2 Å². The number of aliphatic hydroxyl groups excluding tert-OH is 1. The molecule has 0 aliphatic heterocycles. The first-order valence-corrected chi connectivity index (χ1v) is 6.22. The van der Waals surface area contributed by atoms with Gasteiger partial charge in [0.15, 0.2) is 0 Å². The molecule has 1 aromatic carbocycles. The zero-order chi connectivity index (χ0) is 14.3. The van der Waals surface area contributed by atoms with Crippen molar-refractivity contribution < 1.29 is 9.84 Å². The van der Waals surface area contributed by atoms with Crippen LogP contribution in [0.2, 0.25) is 0 Å². The van der Waals surface area contributed by atoms with Crippen molar-refractivity contribution in [3.63, 3.8) is 0 Å². The predicted molar refractivity (Wildman–Crippen MR) is 75.3 cm³/mol. The summed E-state index contributed by atoms with van der Waals surface area (Å²) in [6.45, 7) is 6.00. The minimum absolute atomic E-state index is 0.191. The molecule has 0 fully saturated rings. The van der Waals surface area contributed by atoms with E-state index in [0.717, 1.165) is 16.9 Å². The number of hydrogen-bond acceptors (Lipinski definition) is 3. The summed E-state index contributed by atoms with van der Waals surface area (Å²) in [6, 6.07) is 8.90. The molecule has 1 atom stereocenters. The van der Waals surface area contributed by atoms with Gasteiger partial charge in [-0.2, -0.15) is 5.26 Å². The molecule has 3 heteroatoms. The third-order valence-corrected chi connectivity index (χ3v) is 2.91. The van der Waals surface area contributed by atoms with Crippen LogP contribution in [0.25, 0.3) is 0 Å². The van der Waals surface area contributed by atoms with Gasteiger partial charge in [-0.05, 0) is 50.1 Å². The van der Waals surface area contributed by atoms with Gasteiger partial charge in [0.25, 0.3) is 0 Å². The Hall–Kier alpha value is -2.05. The quantitative estimate of drug-likeness (QED) is 0.649. The molecule has 0 amide bonds. The van der Waals surface area contributed by atoms with Crippen molar-refractivity contribution in [1.29, 1.82) is 5.26 Å². The van der Waals surface area contributed by atoms with Crippen LogP contribution in [0.4, 0.5) is 0 Å². The van der Waals surface area contributed by atoms with Crippen LogP contribution in [0.3, 0.4) is 0 Å². The van der Waals surface area contributed by atoms with E-state index < -0.39 is 6.10 Å². The number of ether oxygens (including phenoxy) is 1. The van der Waals surface area contributed by atoms with E-state index in [4.69, 9.17) is 10.00 Å². The Morgan fingerprint density at radius 3 is 2.42 bits per heavy atom. The average molecular weight is 257 g/mol. The molecule has 0 aliphatic rings. The second-order valence-corrected chi connectivity index (χ2v) is 4.19. The molecule has 0 spiro atoms. The number of nitrogens with zero attached hydrogens (tertiary/aromatic N) is 1. The average Bonchev–Trinajstić information content (AvgIpc) is 2.47. The maximum atomic E-state index is 10.0. The van der Waals surface area contributed by atoms with Gasteiger partial charge in [-0.15, -0.1) is 0 Å². The van der Waals surface area contributed by atoms with Crippen molar-refractivity contribution in [2.45, 2.75) is 26.9 Å². The van der Waals surface area contributed by atoms with Crippen molar-refractivity contribution in [1.82, 2.24) is 0 Å². The van der Waals surface area contributed by atoms with Gasteiger partial charge >= 0.3 is 0 Å². The van der Waals surface area contributed by atoms with E-state index in [-0.39, 0.29) is 6.61 Å². The van der Waals surface area contributed by atoms with E-state index in [0.29, 0.717) is 5.56 Å². The lowest BCUT2D eigenvalue weighted by Crippen LogP contribution is -2.07. The fourth-order valence-electron chi connectivity index (χ4n) is 1.61. The Kier molecular flexibility index (Phi) is 5.84. The molecule has 0 unspecified atom stereocenters. The number of nitriles is 1. The molecule has 1 aromatic rings. The first kappa shape index (κ1) is 15.0. The monoisotopic (exact) mass is 257 g/mol. The zero-order valence-electron chi connectivity index (χ0n) is 11.6. The lowest BCUT2D eigenvalue weighted by molar-refractivity contribution is 0.0739. The first-order valence-electron chi connectivity index (χ1n) is 6.22. The summed E-state index contributed by atoms with van der Waals surface area (Å²) in [5.74, 6) is 0.773. The summed E-state index contributed by atoms with van der Waals surface area (Å²) in [4.78, 5) is 0. The predicted octanol–water partition coefficient (Wildman–Crippen LogP) is 3.48. The molecule has 3 nitrogen and oxygen atoms in total. The molecule has 100 valence electrons. The van der Waals surface area contributed by atoms with Crippen molar-refractivity contribution in [2.75, 3.05) is 6.61 Å². The van der Waals surface area contributed by atoms with E-state index in [1.807, 2.05) is 39.0 Å². The van der Waals surface area contributed by atoms with Gasteiger partial charge in [-0.25, -0.2) is 0 Å². The van der Waals surface area contributed by atoms with Gasteiger partial charge < -0.3 is 9.84 Å². The highest BCUT2D eigenvalue weighted by molar-refractivity contribution is 5.32. The molecule has 0 aromatic heterocycles. The van der Waals surface area contributed by atoms with Crippen LogP contribution < -0.4 is 0 Å². The second kappa shape index (κ2) is 7.40. The molecule has 0 saturated heterocycles. The van der Waals surface area contributed by atoms with Gasteiger partial charge in [0, 0.05) is 0 Å². The number of aliphatic hydroxyl groups is 1. The molecule has 0 bridgehead atoms. The lowest BCUT2D eigenvalue weighted by Gasteiger charge is -2.15. The number of allylic oxidation sites excluding steroid dienone is 3. The summed E-state index contributed by atoms with van der Waals surface area (Å²) in [5.41, 5.74) is 2.36. The van der Waals surface area contributed by atoms with Crippen LogP contribution in [0, 0.1) is 11.3 Å². The Balaban J connectivity index is 2.65. The van der Waals surface area contributed by atoms with Crippen LogP contribution in [0.15, 0.2) is 47.7 Å². The number of benzene rings is 1. The summed E-state index contributed by atoms with van der Waals surface area (Å²) in [6.07, 6.45) is 3.14. The molecular formula is C16H19NO2. The summed E-state index contributed by atoms with van der Waals surface area (Å²) in [5, 5.41) is 18.7. The van der Waals surface area contributed by atoms with E-state index in [1.165, 1.54) is 0 Å². The van der Waals surface area contributed by atoms with Crippen molar-refractivity contribution in [3.8, 4) is 6.07 Å². The normalized spacial score (nSPS) is 13.8. The molecular weight excluding hydrogens is 238 g/mol. The summed E-state index contributed by atoms with van der Waals surface area (Å²) in [7, 11) is 0. The third-order valence-electron chi connectivity index (χ3n) is 2.91. The Morgan fingerprint density at radius 1 is 1.32 bits per heavy atom. The van der Waals surface area contributed by atoms with Crippen LogP contribution in [0.5, 0.6) is 0 Å². The van der Waals surface area contributed by atoms with Gasteiger partial charge in [0.1, 0.15) is 18.5 Å². The van der Waals surface area contributed by atoms with Gasteiger partial charge in [-0.3, -0.25) is 0 Å². The molecule has 1 N–H and O–H groups in total. The van der Waals surface area contributed by atoms with Crippen LogP contribution in [0.1, 0.15) is 38.0 Å². The topological polar surface area (TPSA) is 53.2 Å². The van der Waals surface area contributed by atoms with Crippen molar-refractivity contribution >= 4 is 0 Å². The first-order chi connectivity index (χ1) is 9.12. The molecule has 0 radical (unpaired) electrons. The second-order valence-electron chi connectivity index (χ2n) is 4.19. The Bertz CT molecular complexity index is 507. The van der Waals surface area contributed by atoms with E-state index in [9.17, 15) is 5.11 Å². The largest absolute Gasteiger partial charge is 0.491 e. The van der Waals surface area contributed by atoms with E-state index in [1.54, 1.807) is 24.3 Å². The SMILES string of the molecule is C/C=C(C)\C(=C/C)OC[C@@H](O)c1ccc(C#N)cc1. The highest BCUT2D eigenvalue weighted by Crippen LogP contribution is 2.18. The number of hydrogen-bond donors (Lipinski definition) is 1. The maximum Gasteiger partial charge on any atom is 0.118 e. The van der Waals surface area contributed by atoms with Crippen LogP contribution in [-0.2, 0) is 4.74 Å². The minimum Gasteiger partial charge on any atom is -0.491 e. The van der Waals surface area contributed by atoms with Gasteiger partial charge in [0.05, 0.1) is 11.6 Å². The highest BCUT2D eigenvalue weighted by atomic mass is 16.5.